The van der Waals surface area contributed by atoms with Crippen LogP contribution in [-0.4, -0.2) is 16.6 Å². The van der Waals surface area contributed by atoms with Gasteiger partial charge in [-0.25, -0.2) is 5.48 Å². The van der Waals surface area contributed by atoms with Gasteiger partial charge in [0.05, 0.1) is 6.10 Å². The fourth-order valence-corrected chi connectivity index (χ4v) is 1.89. The van der Waals surface area contributed by atoms with Crippen molar-refractivity contribution >= 4 is 5.91 Å². The third kappa shape index (κ3) is 2.39. The summed E-state index contributed by atoms with van der Waals surface area (Å²) in [6.45, 7) is 0. The highest BCUT2D eigenvalue weighted by Crippen LogP contribution is 2.19. The Morgan fingerprint density at radius 2 is 2.27 bits per heavy atom. The van der Waals surface area contributed by atoms with Crippen molar-refractivity contribution in [3.05, 3.63) is 24.0 Å². The van der Waals surface area contributed by atoms with Crippen LogP contribution < -0.4 is 5.48 Å². The zero-order valence-corrected chi connectivity index (χ0v) is 8.90. The zero-order chi connectivity index (χ0) is 10.7. The van der Waals surface area contributed by atoms with Gasteiger partial charge in [-0.05, 0) is 25.0 Å². The van der Waals surface area contributed by atoms with Crippen molar-refractivity contribution in [1.29, 1.82) is 0 Å². The molecule has 1 fully saturated rings. The average Bonchev–Trinajstić information content (AvgIpc) is 2.84. The molecule has 1 aromatic rings. The standard InChI is InChI=1S/C11H16N2O2/c1-13-8-4-7-10(13)11(14)12-15-9-5-2-3-6-9/h4,7-9H,2-3,5-6H2,1H3,(H,12,14). The molecule has 0 atom stereocenters. The van der Waals surface area contributed by atoms with Gasteiger partial charge >= 0.3 is 0 Å². The second-order valence-electron chi connectivity index (χ2n) is 3.96. The fraction of sp³-hybridized carbons (Fsp3) is 0.545. The fourth-order valence-electron chi connectivity index (χ4n) is 1.89. The maximum absolute atomic E-state index is 11.6. The Balaban J connectivity index is 1.84. The minimum absolute atomic E-state index is 0.172. The summed E-state index contributed by atoms with van der Waals surface area (Å²) < 4.78 is 1.77. The van der Waals surface area contributed by atoms with E-state index >= 15 is 0 Å². The summed E-state index contributed by atoms with van der Waals surface area (Å²) in [5.74, 6) is -0.172. The van der Waals surface area contributed by atoms with Crippen LogP contribution in [0.4, 0.5) is 0 Å². The maximum atomic E-state index is 11.6. The molecule has 1 aliphatic carbocycles. The normalized spacial score (nSPS) is 16.9. The molecule has 0 bridgehead atoms. The maximum Gasteiger partial charge on any atom is 0.291 e. The molecule has 0 aliphatic heterocycles. The number of aryl methyl sites for hydroxylation is 1. The first-order valence-electron chi connectivity index (χ1n) is 5.34. The number of carbonyl (C=O) groups is 1. The number of hydrogen-bond acceptors (Lipinski definition) is 2. The lowest BCUT2D eigenvalue weighted by Gasteiger charge is -2.11. The minimum atomic E-state index is -0.172. The summed E-state index contributed by atoms with van der Waals surface area (Å²) in [4.78, 5) is 17.0. The van der Waals surface area contributed by atoms with Crippen molar-refractivity contribution in [3.8, 4) is 0 Å². The van der Waals surface area contributed by atoms with E-state index in [0.717, 1.165) is 12.8 Å². The number of rotatable bonds is 3. The Hall–Kier alpha value is -1.29. The molecule has 1 saturated carbocycles. The van der Waals surface area contributed by atoms with Crippen molar-refractivity contribution in [2.24, 2.45) is 7.05 Å². The molecule has 1 N–H and O–H groups in total. The summed E-state index contributed by atoms with van der Waals surface area (Å²) in [5, 5.41) is 0. The molecule has 0 spiro atoms. The van der Waals surface area contributed by atoms with Gasteiger partial charge in [-0.3, -0.25) is 9.63 Å². The van der Waals surface area contributed by atoms with Crippen LogP contribution in [0, 0.1) is 0 Å². The van der Waals surface area contributed by atoms with Crippen LogP contribution in [0.2, 0.25) is 0 Å². The predicted molar refractivity (Wildman–Crippen MR) is 56.2 cm³/mol. The quantitative estimate of drug-likeness (QED) is 0.767. The Morgan fingerprint density at radius 1 is 1.53 bits per heavy atom. The lowest BCUT2D eigenvalue weighted by molar-refractivity contribution is -0.0129. The number of amides is 1. The van der Waals surface area contributed by atoms with Crippen LogP contribution in [0.3, 0.4) is 0 Å². The Labute approximate surface area is 89.2 Å². The first-order chi connectivity index (χ1) is 7.27. The van der Waals surface area contributed by atoms with Gasteiger partial charge < -0.3 is 4.57 Å². The van der Waals surface area contributed by atoms with E-state index in [9.17, 15) is 4.79 Å². The van der Waals surface area contributed by atoms with E-state index in [0.29, 0.717) is 5.69 Å². The van der Waals surface area contributed by atoms with Crippen LogP contribution in [0.25, 0.3) is 0 Å². The Bertz CT molecular complexity index is 340. The molecule has 4 heteroatoms. The smallest absolute Gasteiger partial charge is 0.291 e. The van der Waals surface area contributed by atoms with Gasteiger partial charge in [-0.2, -0.15) is 0 Å². The average molecular weight is 208 g/mol. The molecule has 1 aliphatic rings. The first kappa shape index (κ1) is 10.2. The molecule has 1 amide bonds. The van der Waals surface area contributed by atoms with Crippen molar-refractivity contribution < 1.29 is 9.63 Å². The van der Waals surface area contributed by atoms with E-state index in [4.69, 9.17) is 4.84 Å². The van der Waals surface area contributed by atoms with Crippen molar-refractivity contribution in [2.75, 3.05) is 0 Å². The van der Waals surface area contributed by atoms with E-state index in [-0.39, 0.29) is 12.0 Å². The summed E-state index contributed by atoms with van der Waals surface area (Å²) in [7, 11) is 1.84. The van der Waals surface area contributed by atoms with Crippen LogP contribution >= 0.6 is 0 Å². The molecule has 4 nitrogen and oxygen atoms in total. The van der Waals surface area contributed by atoms with Crippen LogP contribution in [0.15, 0.2) is 18.3 Å². The molecule has 0 saturated heterocycles. The molecular formula is C11H16N2O2. The zero-order valence-electron chi connectivity index (χ0n) is 8.90. The molecule has 0 radical (unpaired) electrons. The molecule has 0 aromatic carbocycles. The van der Waals surface area contributed by atoms with E-state index in [1.54, 1.807) is 10.6 Å². The first-order valence-corrected chi connectivity index (χ1v) is 5.34. The molecule has 82 valence electrons. The third-order valence-electron chi connectivity index (χ3n) is 2.80. The number of carbonyl (C=O) groups excluding carboxylic acids is 1. The predicted octanol–water partition coefficient (Wildman–Crippen LogP) is 1.63. The topological polar surface area (TPSA) is 43.3 Å². The van der Waals surface area contributed by atoms with E-state index < -0.39 is 0 Å². The van der Waals surface area contributed by atoms with Crippen LogP contribution in [0.1, 0.15) is 36.2 Å². The molecule has 1 heterocycles. The van der Waals surface area contributed by atoms with Crippen molar-refractivity contribution in [1.82, 2.24) is 10.0 Å². The van der Waals surface area contributed by atoms with Gasteiger partial charge in [0.1, 0.15) is 5.69 Å². The monoisotopic (exact) mass is 208 g/mol. The number of aromatic nitrogens is 1. The number of nitrogens with one attached hydrogen (secondary N) is 1. The molecule has 1 aromatic heterocycles. The largest absolute Gasteiger partial charge is 0.347 e. The van der Waals surface area contributed by atoms with Gasteiger partial charge in [0.15, 0.2) is 0 Å². The SMILES string of the molecule is Cn1cccc1C(=O)NOC1CCCC1. The molecule has 15 heavy (non-hydrogen) atoms. The highest BCUT2D eigenvalue weighted by atomic mass is 16.7. The van der Waals surface area contributed by atoms with Gasteiger partial charge in [0.25, 0.3) is 5.91 Å². The highest BCUT2D eigenvalue weighted by molar-refractivity contribution is 5.91. The molecule has 0 unspecified atom stereocenters. The molecular weight excluding hydrogens is 192 g/mol. The van der Waals surface area contributed by atoms with Crippen LogP contribution in [0.5, 0.6) is 0 Å². The van der Waals surface area contributed by atoms with Gasteiger partial charge in [-0.1, -0.05) is 12.8 Å². The molecule has 2 rings (SSSR count). The Kier molecular flexibility index (Phi) is 3.06. The summed E-state index contributed by atoms with van der Waals surface area (Å²) in [5.41, 5.74) is 3.13. The number of hydroxylamine groups is 1. The van der Waals surface area contributed by atoms with Gasteiger partial charge in [-0.15, -0.1) is 0 Å². The van der Waals surface area contributed by atoms with Gasteiger partial charge in [0, 0.05) is 13.2 Å². The second-order valence-corrected chi connectivity index (χ2v) is 3.96. The lowest BCUT2D eigenvalue weighted by Crippen LogP contribution is -2.29. The van der Waals surface area contributed by atoms with Crippen molar-refractivity contribution in [2.45, 2.75) is 31.8 Å². The third-order valence-corrected chi connectivity index (χ3v) is 2.80. The number of nitrogens with zero attached hydrogens (tertiary/aromatic N) is 1. The van der Waals surface area contributed by atoms with E-state index in [1.165, 1.54) is 12.8 Å². The van der Waals surface area contributed by atoms with E-state index in [2.05, 4.69) is 5.48 Å². The highest BCUT2D eigenvalue weighted by Gasteiger charge is 2.17. The van der Waals surface area contributed by atoms with Crippen LogP contribution in [-0.2, 0) is 11.9 Å². The second kappa shape index (κ2) is 4.49. The van der Waals surface area contributed by atoms with Crippen molar-refractivity contribution in [3.63, 3.8) is 0 Å². The lowest BCUT2D eigenvalue weighted by atomic mass is 10.3. The summed E-state index contributed by atoms with van der Waals surface area (Å²) in [6, 6.07) is 3.61. The number of hydrogen-bond donors (Lipinski definition) is 1. The van der Waals surface area contributed by atoms with Gasteiger partial charge in [0.2, 0.25) is 0 Å². The minimum Gasteiger partial charge on any atom is -0.347 e. The summed E-state index contributed by atoms with van der Waals surface area (Å²) in [6.07, 6.45) is 6.54. The van der Waals surface area contributed by atoms with E-state index in [1.807, 2.05) is 19.3 Å². The Morgan fingerprint density at radius 3 is 2.87 bits per heavy atom. The summed E-state index contributed by atoms with van der Waals surface area (Å²) >= 11 is 0.